The van der Waals surface area contributed by atoms with Crippen molar-refractivity contribution >= 4 is 17.4 Å². The fraction of sp³-hybridized carbons (Fsp3) is 0.200. The van der Waals surface area contributed by atoms with Crippen molar-refractivity contribution in [1.82, 2.24) is 0 Å². The fourth-order valence-electron chi connectivity index (χ4n) is 1.68. The van der Waals surface area contributed by atoms with E-state index in [9.17, 15) is 0 Å². The maximum Gasteiger partial charge on any atom is 0.0314 e. The molecule has 0 aliphatic heterocycles. The summed E-state index contributed by atoms with van der Waals surface area (Å²) < 4.78 is 0. The van der Waals surface area contributed by atoms with Gasteiger partial charge < -0.3 is 5.73 Å². The molecule has 0 heterocycles. The normalized spacial score (nSPS) is 10.4. The highest BCUT2D eigenvalue weighted by molar-refractivity contribution is 7.99. The third kappa shape index (κ3) is 3.53. The van der Waals surface area contributed by atoms with Crippen LogP contribution in [0.15, 0.2) is 53.4 Å². The highest BCUT2D eigenvalue weighted by Crippen LogP contribution is 2.22. The molecule has 2 N–H and O–H groups in total. The number of rotatable bonds is 4. The summed E-state index contributed by atoms with van der Waals surface area (Å²) in [5, 5.41) is 0. The molecule has 0 radical (unpaired) electrons. The molecule has 88 valence electrons. The molecule has 0 bridgehead atoms. The summed E-state index contributed by atoms with van der Waals surface area (Å²) in [6.45, 7) is 2.16. The quantitative estimate of drug-likeness (QED) is 0.651. The molecule has 0 aliphatic rings. The van der Waals surface area contributed by atoms with Gasteiger partial charge in [-0.25, -0.2) is 0 Å². The first-order valence-corrected chi connectivity index (χ1v) is 6.77. The smallest absolute Gasteiger partial charge is 0.0314 e. The molecular formula is C15H17NS. The average molecular weight is 243 g/mol. The fourth-order valence-corrected chi connectivity index (χ4v) is 2.71. The van der Waals surface area contributed by atoms with Crippen molar-refractivity contribution in [3.63, 3.8) is 0 Å². The van der Waals surface area contributed by atoms with Gasteiger partial charge in [0.2, 0.25) is 0 Å². The van der Waals surface area contributed by atoms with Crippen LogP contribution in [0.4, 0.5) is 5.69 Å². The third-order valence-electron chi connectivity index (χ3n) is 2.72. The van der Waals surface area contributed by atoms with Crippen molar-refractivity contribution < 1.29 is 0 Å². The molecule has 0 saturated carbocycles. The zero-order chi connectivity index (χ0) is 12.1. The summed E-state index contributed by atoms with van der Waals surface area (Å²) in [6, 6.07) is 16.7. The molecule has 0 fully saturated rings. The maximum absolute atomic E-state index is 5.66. The minimum atomic E-state index is 0.834. The van der Waals surface area contributed by atoms with Gasteiger partial charge in [0.25, 0.3) is 0 Å². The van der Waals surface area contributed by atoms with Gasteiger partial charge in [-0.15, -0.1) is 11.8 Å². The Bertz CT molecular complexity index is 477. The number of anilines is 1. The molecule has 0 saturated heterocycles. The van der Waals surface area contributed by atoms with E-state index in [0.717, 1.165) is 17.9 Å². The van der Waals surface area contributed by atoms with Gasteiger partial charge in [-0.1, -0.05) is 30.3 Å². The molecule has 2 aromatic rings. The van der Waals surface area contributed by atoms with Gasteiger partial charge in [-0.2, -0.15) is 0 Å². The molecule has 17 heavy (non-hydrogen) atoms. The summed E-state index contributed by atoms with van der Waals surface area (Å²) >= 11 is 1.91. The zero-order valence-electron chi connectivity index (χ0n) is 10.0. The lowest BCUT2D eigenvalue weighted by molar-refractivity contribution is 1.15. The van der Waals surface area contributed by atoms with Crippen LogP contribution in [0, 0.1) is 6.92 Å². The van der Waals surface area contributed by atoms with Crippen molar-refractivity contribution in [2.24, 2.45) is 0 Å². The van der Waals surface area contributed by atoms with Crippen LogP contribution in [0.5, 0.6) is 0 Å². The second kappa shape index (κ2) is 5.78. The SMILES string of the molecule is Cc1ccccc1SCCc1ccc(N)cc1. The Hall–Kier alpha value is -1.41. The minimum Gasteiger partial charge on any atom is -0.399 e. The van der Waals surface area contributed by atoms with Gasteiger partial charge in [0, 0.05) is 16.3 Å². The molecule has 0 atom stereocenters. The topological polar surface area (TPSA) is 26.0 Å². The molecule has 0 amide bonds. The van der Waals surface area contributed by atoms with Gasteiger partial charge in [0.05, 0.1) is 0 Å². The maximum atomic E-state index is 5.66. The van der Waals surface area contributed by atoms with Crippen molar-refractivity contribution in [2.75, 3.05) is 11.5 Å². The minimum absolute atomic E-state index is 0.834. The lowest BCUT2D eigenvalue weighted by Gasteiger charge is -2.05. The molecule has 0 spiro atoms. The summed E-state index contributed by atoms with van der Waals surface area (Å²) in [4.78, 5) is 1.38. The molecule has 1 nitrogen and oxygen atoms in total. The van der Waals surface area contributed by atoms with E-state index >= 15 is 0 Å². The van der Waals surface area contributed by atoms with Gasteiger partial charge >= 0.3 is 0 Å². The van der Waals surface area contributed by atoms with Crippen LogP contribution >= 0.6 is 11.8 Å². The molecular weight excluding hydrogens is 226 g/mol. The Kier molecular flexibility index (Phi) is 4.10. The second-order valence-corrected chi connectivity index (χ2v) is 5.24. The summed E-state index contributed by atoms with van der Waals surface area (Å²) in [5.74, 6) is 1.11. The number of hydrogen-bond acceptors (Lipinski definition) is 2. The lowest BCUT2D eigenvalue weighted by atomic mass is 10.2. The summed E-state index contributed by atoms with van der Waals surface area (Å²) in [5.41, 5.74) is 9.20. The number of hydrogen-bond donors (Lipinski definition) is 1. The zero-order valence-corrected chi connectivity index (χ0v) is 10.8. The molecule has 2 rings (SSSR count). The van der Waals surface area contributed by atoms with E-state index in [2.05, 4.69) is 43.3 Å². The van der Waals surface area contributed by atoms with Crippen molar-refractivity contribution in [2.45, 2.75) is 18.2 Å². The number of aryl methyl sites for hydroxylation is 2. The molecule has 0 aliphatic carbocycles. The average Bonchev–Trinajstić information content (AvgIpc) is 2.34. The highest BCUT2D eigenvalue weighted by atomic mass is 32.2. The van der Waals surface area contributed by atoms with E-state index in [1.165, 1.54) is 16.0 Å². The third-order valence-corrected chi connectivity index (χ3v) is 3.90. The Labute approximate surface area is 107 Å². The Morgan fingerprint density at radius 1 is 1.00 bits per heavy atom. The van der Waals surface area contributed by atoms with Crippen LogP contribution in [0.1, 0.15) is 11.1 Å². The van der Waals surface area contributed by atoms with E-state index in [0.29, 0.717) is 0 Å². The molecule has 2 aromatic carbocycles. The Balaban J connectivity index is 1.88. The number of nitrogens with two attached hydrogens (primary N) is 1. The van der Waals surface area contributed by atoms with Crippen molar-refractivity contribution in [3.8, 4) is 0 Å². The van der Waals surface area contributed by atoms with Crippen LogP contribution in [0.25, 0.3) is 0 Å². The second-order valence-electron chi connectivity index (χ2n) is 4.11. The number of thioether (sulfide) groups is 1. The van der Waals surface area contributed by atoms with Gasteiger partial charge in [-0.3, -0.25) is 0 Å². The first kappa shape index (κ1) is 12.1. The van der Waals surface area contributed by atoms with Gasteiger partial charge in [0.1, 0.15) is 0 Å². The van der Waals surface area contributed by atoms with Crippen LogP contribution in [0.2, 0.25) is 0 Å². The standard InChI is InChI=1S/C15H17NS/c1-12-4-2-3-5-15(12)17-11-10-13-6-8-14(16)9-7-13/h2-9H,10-11,16H2,1H3. The van der Waals surface area contributed by atoms with Crippen LogP contribution < -0.4 is 5.73 Å². The Morgan fingerprint density at radius 3 is 2.41 bits per heavy atom. The van der Waals surface area contributed by atoms with Gasteiger partial charge in [-0.05, 0) is 42.7 Å². The molecule has 2 heteroatoms. The van der Waals surface area contributed by atoms with Crippen LogP contribution in [-0.2, 0) is 6.42 Å². The van der Waals surface area contributed by atoms with E-state index in [-0.39, 0.29) is 0 Å². The predicted octanol–water partition coefficient (Wildman–Crippen LogP) is 3.91. The monoisotopic (exact) mass is 243 g/mol. The predicted molar refractivity (Wildman–Crippen MR) is 76.5 cm³/mol. The summed E-state index contributed by atoms with van der Waals surface area (Å²) in [6.07, 6.45) is 1.08. The van der Waals surface area contributed by atoms with Crippen LogP contribution in [-0.4, -0.2) is 5.75 Å². The van der Waals surface area contributed by atoms with Gasteiger partial charge in [0.15, 0.2) is 0 Å². The first-order chi connectivity index (χ1) is 8.25. The largest absolute Gasteiger partial charge is 0.399 e. The number of nitrogen functional groups attached to an aromatic ring is 1. The van der Waals surface area contributed by atoms with Crippen molar-refractivity contribution in [1.29, 1.82) is 0 Å². The molecule has 0 aromatic heterocycles. The summed E-state index contributed by atoms with van der Waals surface area (Å²) in [7, 11) is 0. The number of benzene rings is 2. The van der Waals surface area contributed by atoms with Crippen LogP contribution in [0.3, 0.4) is 0 Å². The van der Waals surface area contributed by atoms with E-state index < -0.39 is 0 Å². The lowest BCUT2D eigenvalue weighted by Crippen LogP contribution is -1.90. The van der Waals surface area contributed by atoms with E-state index in [1.54, 1.807) is 0 Å². The van der Waals surface area contributed by atoms with Crippen molar-refractivity contribution in [3.05, 3.63) is 59.7 Å². The van der Waals surface area contributed by atoms with E-state index in [4.69, 9.17) is 5.73 Å². The van der Waals surface area contributed by atoms with E-state index in [1.807, 2.05) is 23.9 Å². The Morgan fingerprint density at radius 2 is 1.71 bits per heavy atom. The molecule has 0 unspecified atom stereocenters. The first-order valence-electron chi connectivity index (χ1n) is 5.78. The highest BCUT2D eigenvalue weighted by Gasteiger charge is 1.98.